The van der Waals surface area contributed by atoms with Crippen LogP contribution in [0.2, 0.25) is 0 Å². The minimum Gasteiger partial charge on any atom is -0.342 e. The highest BCUT2D eigenvalue weighted by Gasteiger charge is 2.22. The standard InChI is InChI=1S/C17H26N2O3S/c1-13-6-7-15(3)16(11-13)23(21,22)18-9-8-17(20)19-10-4-5-14(2)12-19/h6-7,11,14,18H,4-5,8-10,12H2,1-3H3. The Morgan fingerprint density at radius 3 is 2.78 bits per heavy atom. The zero-order valence-corrected chi connectivity index (χ0v) is 14.9. The zero-order chi connectivity index (χ0) is 17.0. The summed E-state index contributed by atoms with van der Waals surface area (Å²) in [5.41, 5.74) is 1.61. The molecule has 0 radical (unpaired) electrons. The molecule has 0 saturated carbocycles. The predicted octanol–water partition coefficient (Wildman–Crippen LogP) is 2.23. The summed E-state index contributed by atoms with van der Waals surface area (Å²) >= 11 is 0. The molecule has 0 spiro atoms. The van der Waals surface area contributed by atoms with Gasteiger partial charge in [-0.15, -0.1) is 0 Å². The van der Waals surface area contributed by atoms with E-state index < -0.39 is 10.0 Å². The highest BCUT2D eigenvalue weighted by molar-refractivity contribution is 7.89. The van der Waals surface area contributed by atoms with Crippen LogP contribution < -0.4 is 4.72 Å². The van der Waals surface area contributed by atoms with Crippen molar-refractivity contribution in [3.05, 3.63) is 29.3 Å². The van der Waals surface area contributed by atoms with Crippen LogP contribution in [-0.2, 0) is 14.8 Å². The van der Waals surface area contributed by atoms with Crippen LogP contribution in [0.15, 0.2) is 23.1 Å². The first-order valence-corrected chi connectivity index (χ1v) is 9.62. The van der Waals surface area contributed by atoms with E-state index in [2.05, 4.69) is 11.6 Å². The van der Waals surface area contributed by atoms with E-state index in [1.54, 1.807) is 19.1 Å². The number of piperidine rings is 1. The summed E-state index contributed by atoms with van der Waals surface area (Å²) in [4.78, 5) is 14.3. The quantitative estimate of drug-likeness (QED) is 0.895. The topological polar surface area (TPSA) is 66.5 Å². The van der Waals surface area contributed by atoms with Gasteiger partial charge >= 0.3 is 0 Å². The lowest BCUT2D eigenvalue weighted by molar-refractivity contribution is -0.132. The Labute approximate surface area is 139 Å². The van der Waals surface area contributed by atoms with Gasteiger partial charge in [-0.05, 0) is 49.8 Å². The average molecular weight is 338 g/mol. The Kier molecular flexibility index (Phi) is 5.81. The molecule has 2 rings (SSSR count). The number of amides is 1. The van der Waals surface area contributed by atoms with Crippen molar-refractivity contribution < 1.29 is 13.2 Å². The van der Waals surface area contributed by atoms with E-state index in [9.17, 15) is 13.2 Å². The number of sulfonamides is 1. The number of nitrogens with zero attached hydrogens (tertiary/aromatic N) is 1. The monoisotopic (exact) mass is 338 g/mol. The molecule has 0 bridgehead atoms. The van der Waals surface area contributed by atoms with Crippen LogP contribution in [-0.4, -0.2) is 38.9 Å². The van der Waals surface area contributed by atoms with Gasteiger partial charge in [0.15, 0.2) is 0 Å². The maximum Gasteiger partial charge on any atom is 0.240 e. The van der Waals surface area contributed by atoms with E-state index in [0.717, 1.165) is 31.5 Å². The van der Waals surface area contributed by atoms with Gasteiger partial charge in [-0.3, -0.25) is 4.79 Å². The van der Waals surface area contributed by atoms with E-state index in [0.29, 0.717) is 11.5 Å². The number of benzene rings is 1. The summed E-state index contributed by atoms with van der Waals surface area (Å²) in [6.07, 6.45) is 2.39. The van der Waals surface area contributed by atoms with Gasteiger partial charge in [-0.2, -0.15) is 0 Å². The van der Waals surface area contributed by atoms with Crippen LogP contribution in [0.1, 0.15) is 37.3 Å². The highest BCUT2D eigenvalue weighted by Crippen LogP contribution is 2.17. The van der Waals surface area contributed by atoms with Gasteiger partial charge in [0.2, 0.25) is 15.9 Å². The average Bonchev–Trinajstić information content (AvgIpc) is 2.49. The summed E-state index contributed by atoms with van der Waals surface area (Å²) in [6, 6.07) is 5.34. The Hall–Kier alpha value is -1.40. The molecular formula is C17H26N2O3S. The van der Waals surface area contributed by atoms with Gasteiger partial charge in [-0.25, -0.2) is 13.1 Å². The van der Waals surface area contributed by atoms with E-state index in [-0.39, 0.29) is 23.8 Å². The van der Waals surface area contributed by atoms with Crippen LogP contribution in [0.5, 0.6) is 0 Å². The highest BCUT2D eigenvalue weighted by atomic mass is 32.2. The molecule has 1 amide bonds. The smallest absolute Gasteiger partial charge is 0.240 e. The number of carbonyl (C=O) groups is 1. The molecule has 1 aromatic carbocycles. The van der Waals surface area contributed by atoms with Crippen molar-refractivity contribution in [2.24, 2.45) is 5.92 Å². The molecule has 1 heterocycles. The maximum atomic E-state index is 12.4. The zero-order valence-electron chi connectivity index (χ0n) is 14.1. The number of aryl methyl sites for hydroxylation is 2. The molecule has 1 aliphatic heterocycles. The van der Waals surface area contributed by atoms with Gasteiger partial charge in [0.1, 0.15) is 0 Å². The Bertz CT molecular complexity index is 670. The lowest BCUT2D eigenvalue weighted by Crippen LogP contribution is -2.40. The van der Waals surface area contributed by atoms with Crippen molar-refractivity contribution in [3.8, 4) is 0 Å². The molecule has 23 heavy (non-hydrogen) atoms. The number of carbonyl (C=O) groups excluding carboxylic acids is 1. The van der Waals surface area contributed by atoms with Crippen LogP contribution >= 0.6 is 0 Å². The Balaban J connectivity index is 1.92. The minimum absolute atomic E-state index is 0.0280. The van der Waals surface area contributed by atoms with E-state index in [1.807, 2.05) is 17.9 Å². The Morgan fingerprint density at radius 1 is 1.35 bits per heavy atom. The fourth-order valence-electron chi connectivity index (χ4n) is 2.94. The third kappa shape index (κ3) is 4.78. The second-order valence-electron chi connectivity index (χ2n) is 6.50. The molecular weight excluding hydrogens is 312 g/mol. The second kappa shape index (κ2) is 7.45. The first-order valence-electron chi connectivity index (χ1n) is 8.14. The summed E-state index contributed by atoms with van der Waals surface area (Å²) in [5, 5.41) is 0. The number of rotatable bonds is 5. The van der Waals surface area contributed by atoms with Crippen molar-refractivity contribution in [1.29, 1.82) is 0 Å². The van der Waals surface area contributed by atoms with Crippen molar-refractivity contribution in [3.63, 3.8) is 0 Å². The van der Waals surface area contributed by atoms with Crippen molar-refractivity contribution in [1.82, 2.24) is 9.62 Å². The molecule has 1 N–H and O–H groups in total. The third-order valence-electron chi connectivity index (χ3n) is 4.27. The summed E-state index contributed by atoms with van der Waals surface area (Å²) < 4.78 is 27.3. The van der Waals surface area contributed by atoms with Gasteiger partial charge in [-0.1, -0.05) is 19.1 Å². The van der Waals surface area contributed by atoms with Crippen LogP contribution in [0.25, 0.3) is 0 Å². The molecule has 1 unspecified atom stereocenters. The predicted molar refractivity (Wildman–Crippen MR) is 90.7 cm³/mol. The first kappa shape index (κ1) is 17.9. The fraction of sp³-hybridized carbons (Fsp3) is 0.588. The Morgan fingerprint density at radius 2 is 2.09 bits per heavy atom. The molecule has 5 nitrogen and oxygen atoms in total. The molecule has 0 aromatic heterocycles. The largest absolute Gasteiger partial charge is 0.342 e. The lowest BCUT2D eigenvalue weighted by atomic mass is 10.0. The summed E-state index contributed by atoms with van der Waals surface area (Å²) in [5.74, 6) is 0.555. The van der Waals surface area contributed by atoms with Gasteiger partial charge in [0, 0.05) is 26.1 Å². The first-order chi connectivity index (χ1) is 10.8. The molecule has 6 heteroatoms. The number of nitrogens with one attached hydrogen (secondary N) is 1. The second-order valence-corrected chi connectivity index (χ2v) is 8.24. The van der Waals surface area contributed by atoms with Crippen molar-refractivity contribution in [2.75, 3.05) is 19.6 Å². The maximum absolute atomic E-state index is 12.4. The van der Waals surface area contributed by atoms with Crippen LogP contribution in [0.3, 0.4) is 0 Å². The van der Waals surface area contributed by atoms with E-state index >= 15 is 0 Å². The van der Waals surface area contributed by atoms with Crippen molar-refractivity contribution >= 4 is 15.9 Å². The third-order valence-corrected chi connectivity index (χ3v) is 5.88. The van der Waals surface area contributed by atoms with Crippen LogP contribution in [0, 0.1) is 19.8 Å². The summed E-state index contributed by atoms with van der Waals surface area (Å²) in [6.45, 7) is 7.48. The fourth-order valence-corrected chi connectivity index (χ4v) is 4.30. The number of hydrogen-bond acceptors (Lipinski definition) is 3. The van der Waals surface area contributed by atoms with Gasteiger partial charge < -0.3 is 4.90 Å². The number of likely N-dealkylation sites (tertiary alicyclic amines) is 1. The molecule has 1 fully saturated rings. The van der Waals surface area contributed by atoms with Gasteiger partial charge in [0.25, 0.3) is 0 Å². The van der Waals surface area contributed by atoms with E-state index in [1.165, 1.54) is 0 Å². The molecule has 1 saturated heterocycles. The molecule has 128 valence electrons. The van der Waals surface area contributed by atoms with Gasteiger partial charge in [0.05, 0.1) is 4.90 Å². The molecule has 0 aliphatic carbocycles. The molecule has 1 aliphatic rings. The molecule has 1 aromatic rings. The van der Waals surface area contributed by atoms with Crippen LogP contribution in [0.4, 0.5) is 0 Å². The SMILES string of the molecule is Cc1ccc(C)c(S(=O)(=O)NCCC(=O)N2CCCC(C)C2)c1. The summed E-state index contributed by atoms with van der Waals surface area (Å²) in [7, 11) is -3.57. The lowest BCUT2D eigenvalue weighted by Gasteiger charge is -2.31. The van der Waals surface area contributed by atoms with E-state index in [4.69, 9.17) is 0 Å². The normalized spacial score (nSPS) is 18.9. The minimum atomic E-state index is -3.57. The molecule has 1 atom stereocenters. The van der Waals surface area contributed by atoms with Crippen molar-refractivity contribution in [2.45, 2.75) is 44.9 Å². The number of hydrogen-bond donors (Lipinski definition) is 1.